The van der Waals surface area contributed by atoms with Gasteiger partial charge in [0.1, 0.15) is 24.0 Å². The maximum Gasteiger partial charge on any atom is 0.138 e. The zero-order valence-electron chi connectivity index (χ0n) is 7.70. The van der Waals surface area contributed by atoms with Crippen molar-refractivity contribution in [2.75, 3.05) is 6.61 Å². The molecular formula is C10H10ClNO2. The van der Waals surface area contributed by atoms with Crippen molar-refractivity contribution in [2.24, 2.45) is 0 Å². The number of benzene rings is 1. The molecule has 1 aromatic rings. The van der Waals surface area contributed by atoms with Gasteiger partial charge in [-0.05, 0) is 19.1 Å². The second kappa shape index (κ2) is 4.85. The molecule has 1 rings (SSSR count). The Balaban J connectivity index is 2.87. The number of halogens is 1. The Morgan fingerprint density at radius 3 is 2.93 bits per heavy atom. The summed E-state index contributed by atoms with van der Waals surface area (Å²) < 4.78 is 5.21. The molecular weight excluding hydrogens is 202 g/mol. The molecule has 0 fully saturated rings. The Bertz CT molecular complexity index is 358. The molecule has 3 nitrogen and oxygen atoms in total. The van der Waals surface area contributed by atoms with Gasteiger partial charge in [0, 0.05) is 0 Å². The maximum atomic E-state index is 9.01. The molecule has 0 bridgehead atoms. The van der Waals surface area contributed by atoms with Crippen LogP contribution in [0.4, 0.5) is 0 Å². The van der Waals surface area contributed by atoms with Gasteiger partial charge >= 0.3 is 0 Å². The van der Waals surface area contributed by atoms with Crippen LogP contribution in [0.3, 0.4) is 0 Å². The van der Waals surface area contributed by atoms with Crippen molar-refractivity contribution < 1.29 is 9.84 Å². The van der Waals surface area contributed by atoms with Crippen molar-refractivity contribution in [2.45, 2.75) is 13.0 Å². The Morgan fingerprint density at radius 1 is 1.64 bits per heavy atom. The number of hydrogen-bond donors (Lipinski definition) is 1. The second-order valence-corrected chi connectivity index (χ2v) is 3.29. The summed E-state index contributed by atoms with van der Waals surface area (Å²) in [5, 5.41) is 18.2. The molecule has 0 spiro atoms. The first-order chi connectivity index (χ1) is 6.65. The van der Waals surface area contributed by atoms with E-state index in [0.29, 0.717) is 16.3 Å². The first-order valence-corrected chi connectivity index (χ1v) is 4.52. The Kier molecular flexibility index (Phi) is 3.75. The van der Waals surface area contributed by atoms with E-state index >= 15 is 0 Å². The lowest BCUT2D eigenvalue weighted by molar-refractivity contribution is 0.122. The lowest BCUT2D eigenvalue weighted by Gasteiger charge is -2.09. The van der Waals surface area contributed by atoms with Crippen molar-refractivity contribution in [1.82, 2.24) is 0 Å². The molecule has 14 heavy (non-hydrogen) atoms. The number of ether oxygens (including phenoxy) is 1. The smallest absolute Gasteiger partial charge is 0.138 e. The molecule has 0 saturated carbocycles. The molecule has 4 heteroatoms. The predicted octanol–water partition coefficient (Wildman–Crippen LogP) is 1.97. The van der Waals surface area contributed by atoms with E-state index in [-0.39, 0.29) is 6.61 Å². The summed E-state index contributed by atoms with van der Waals surface area (Å²) in [6.45, 7) is 1.76. The molecule has 0 radical (unpaired) electrons. The third-order valence-corrected chi connectivity index (χ3v) is 1.88. The van der Waals surface area contributed by atoms with Gasteiger partial charge in [-0.3, -0.25) is 0 Å². The van der Waals surface area contributed by atoms with E-state index < -0.39 is 6.10 Å². The quantitative estimate of drug-likeness (QED) is 0.832. The zero-order valence-corrected chi connectivity index (χ0v) is 8.45. The average Bonchev–Trinajstić information content (AvgIpc) is 2.14. The zero-order chi connectivity index (χ0) is 10.6. The van der Waals surface area contributed by atoms with Gasteiger partial charge in [0.2, 0.25) is 0 Å². The van der Waals surface area contributed by atoms with Gasteiger partial charge in [-0.2, -0.15) is 5.26 Å². The fourth-order valence-electron chi connectivity index (χ4n) is 0.944. The molecule has 0 saturated heterocycles. The second-order valence-electron chi connectivity index (χ2n) is 2.88. The van der Waals surface area contributed by atoms with E-state index in [0.717, 1.165) is 0 Å². The molecule has 0 aromatic heterocycles. The van der Waals surface area contributed by atoms with Gasteiger partial charge in [-0.1, -0.05) is 17.7 Å². The number of aliphatic hydroxyl groups is 1. The van der Waals surface area contributed by atoms with Crippen LogP contribution in [-0.4, -0.2) is 17.8 Å². The van der Waals surface area contributed by atoms with Crippen LogP contribution in [0.1, 0.15) is 12.5 Å². The van der Waals surface area contributed by atoms with Gasteiger partial charge in [0.05, 0.1) is 11.1 Å². The highest BCUT2D eigenvalue weighted by Gasteiger charge is 2.07. The molecule has 0 unspecified atom stereocenters. The third kappa shape index (κ3) is 2.63. The first kappa shape index (κ1) is 10.8. The van der Waals surface area contributed by atoms with E-state index in [1.165, 1.54) is 0 Å². The van der Waals surface area contributed by atoms with Crippen LogP contribution in [-0.2, 0) is 0 Å². The predicted molar refractivity (Wildman–Crippen MR) is 53.3 cm³/mol. The highest BCUT2D eigenvalue weighted by atomic mass is 35.5. The van der Waals surface area contributed by atoms with E-state index in [4.69, 9.17) is 26.7 Å². The number of nitriles is 1. The van der Waals surface area contributed by atoms with E-state index in [9.17, 15) is 0 Å². The minimum atomic E-state index is -0.569. The number of hydrogen-bond acceptors (Lipinski definition) is 3. The van der Waals surface area contributed by atoms with E-state index in [2.05, 4.69) is 0 Å². The number of rotatable bonds is 3. The minimum Gasteiger partial charge on any atom is -0.489 e. The highest BCUT2D eigenvalue weighted by Crippen LogP contribution is 2.25. The van der Waals surface area contributed by atoms with E-state index in [1.54, 1.807) is 25.1 Å². The van der Waals surface area contributed by atoms with Gasteiger partial charge in [-0.15, -0.1) is 0 Å². The van der Waals surface area contributed by atoms with Gasteiger partial charge in [0.15, 0.2) is 0 Å². The molecule has 1 atom stereocenters. The van der Waals surface area contributed by atoms with Crippen molar-refractivity contribution in [1.29, 1.82) is 5.26 Å². The van der Waals surface area contributed by atoms with Crippen LogP contribution in [0.15, 0.2) is 18.2 Å². The highest BCUT2D eigenvalue weighted by molar-refractivity contribution is 6.31. The fraction of sp³-hybridized carbons (Fsp3) is 0.300. The number of aliphatic hydroxyl groups excluding tert-OH is 1. The molecule has 1 N–H and O–H groups in total. The van der Waals surface area contributed by atoms with Gasteiger partial charge < -0.3 is 9.84 Å². The number of nitrogens with zero attached hydrogens (tertiary/aromatic N) is 1. The molecule has 0 aliphatic carbocycles. The fourth-order valence-corrected chi connectivity index (χ4v) is 1.15. The molecule has 0 heterocycles. The van der Waals surface area contributed by atoms with Crippen LogP contribution >= 0.6 is 11.6 Å². The van der Waals surface area contributed by atoms with Crippen molar-refractivity contribution in [3.05, 3.63) is 28.8 Å². The summed E-state index contributed by atoms with van der Waals surface area (Å²) in [4.78, 5) is 0. The normalized spacial score (nSPS) is 11.9. The molecule has 74 valence electrons. The molecule has 0 amide bonds. The summed E-state index contributed by atoms with van der Waals surface area (Å²) in [6, 6.07) is 6.91. The van der Waals surface area contributed by atoms with Crippen LogP contribution in [0.5, 0.6) is 5.75 Å². The SMILES string of the molecule is C[C@@H](O)COc1cccc(Cl)c1C#N. The Hall–Kier alpha value is -1.24. The Labute approximate surface area is 87.5 Å². The van der Waals surface area contributed by atoms with Gasteiger partial charge in [-0.25, -0.2) is 0 Å². The third-order valence-electron chi connectivity index (χ3n) is 1.57. The summed E-state index contributed by atoms with van der Waals surface area (Å²) in [5.74, 6) is 0.404. The molecule has 0 aliphatic rings. The van der Waals surface area contributed by atoms with Crippen LogP contribution in [0.25, 0.3) is 0 Å². The topological polar surface area (TPSA) is 53.2 Å². The summed E-state index contributed by atoms with van der Waals surface area (Å²) in [5.41, 5.74) is 0.301. The largest absolute Gasteiger partial charge is 0.489 e. The van der Waals surface area contributed by atoms with Crippen molar-refractivity contribution in [3.8, 4) is 11.8 Å². The summed E-state index contributed by atoms with van der Waals surface area (Å²) in [6.07, 6.45) is -0.569. The minimum absolute atomic E-state index is 0.148. The van der Waals surface area contributed by atoms with Gasteiger partial charge in [0.25, 0.3) is 0 Å². The van der Waals surface area contributed by atoms with Crippen LogP contribution < -0.4 is 4.74 Å². The van der Waals surface area contributed by atoms with Crippen molar-refractivity contribution >= 4 is 11.6 Å². The monoisotopic (exact) mass is 211 g/mol. The lowest BCUT2D eigenvalue weighted by atomic mass is 10.2. The Morgan fingerprint density at radius 2 is 2.36 bits per heavy atom. The molecule has 0 aliphatic heterocycles. The maximum absolute atomic E-state index is 9.01. The average molecular weight is 212 g/mol. The van der Waals surface area contributed by atoms with Crippen LogP contribution in [0, 0.1) is 11.3 Å². The molecule has 1 aromatic carbocycles. The summed E-state index contributed by atoms with van der Waals surface area (Å²) in [7, 11) is 0. The summed E-state index contributed by atoms with van der Waals surface area (Å²) >= 11 is 5.78. The van der Waals surface area contributed by atoms with Crippen molar-refractivity contribution in [3.63, 3.8) is 0 Å². The lowest BCUT2D eigenvalue weighted by Crippen LogP contribution is -2.13. The van der Waals surface area contributed by atoms with E-state index in [1.807, 2.05) is 6.07 Å². The first-order valence-electron chi connectivity index (χ1n) is 4.14. The standard InChI is InChI=1S/C10H10ClNO2/c1-7(13)6-14-10-4-2-3-9(11)8(10)5-12/h2-4,7,13H,6H2,1H3/t7-/m1/s1. The van der Waals surface area contributed by atoms with Crippen LogP contribution in [0.2, 0.25) is 5.02 Å².